The molecule has 146 valence electrons. The Morgan fingerprint density at radius 1 is 1.14 bits per heavy atom. The predicted molar refractivity (Wildman–Crippen MR) is 106 cm³/mol. The van der Waals surface area contributed by atoms with Gasteiger partial charge in [0.2, 0.25) is 5.89 Å². The standard InChI is InChI=1S/C21H17N3O4S/c1-14-10-16(24-28-14)13-29-20-17(8-5-9-22-20)21(25)26-12-19-23-11-18(27-19)15-6-3-2-4-7-15/h2-11H,12-13H2,1H3. The molecule has 7 nitrogen and oxygen atoms in total. The van der Waals surface area contributed by atoms with E-state index in [0.29, 0.717) is 28.0 Å². The van der Waals surface area contributed by atoms with E-state index in [4.69, 9.17) is 13.7 Å². The molecule has 3 aromatic heterocycles. The van der Waals surface area contributed by atoms with Gasteiger partial charge in [0.15, 0.2) is 12.4 Å². The lowest BCUT2D eigenvalue weighted by atomic mass is 10.2. The molecular weight excluding hydrogens is 390 g/mol. The van der Waals surface area contributed by atoms with Crippen molar-refractivity contribution in [3.05, 3.63) is 83.8 Å². The van der Waals surface area contributed by atoms with Crippen molar-refractivity contribution in [3.8, 4) is 11.3 Å². The smallest absolute Gasteiger partial charge is 0.341 e. The summed E-state index contributed by atoms with van der Waals surface area (Å²) in [5, 5.41) is 4.51. The predicted octanol–water partition coefficient (Wildman–Crippen LogP) is 4.68. The number of esters is 1. The number of carbonyl (C=O) groups excluding carboxylic acids is 1. The van der Waals surface area contributed by atoms with Crippen LogP contribution in [0.15, 0.2) is 74.9 Å². The molecule has 0 saturated carbocycles. The summed E-state index contributed by atoms with van der Waals surface area (Å²) in [5.74, 6) is 1.73. The highest BCUT2D eigenvalue weighted by molar-refractivity contribution is 7.98. The first-order valence-electron chi connectivity index (χ1n) is 8.86. The number of benzene rings is 1. The molecule has 29 heavy (non-hydrogen) atoms. The van der Waals surface area contributed by atoms with Crippen molar-refractivity contribution in [2.24, 2.45) is 0 Å². The van der Waals surface area contributed by atoms with Gasteiger partial charge < -0.3 is 13.7 Å². The van der Waals surface area contributed by atoms with Gasteiger partial charge in [-0.05, 0) is 19.1 Å². The van der Waals surface area contributed by atoms with E-state index >= 15 is 0 Å². The van der Waals surface area contributed by atoms with Crippen LogP contribution < -0.4 is 0 Å². The quantitative estimate of drug-likeness (QED) is 0.322. The number of rotatable bonds is 7. The van der Waals surface area contributed by atoms with Crippen molar-refractivity contribution in [2.45, 2.75) is 24.3 Å². The van der Waals surface area contributed by atoms with Crippen LogP contribution in [0, 0.1) is 6.92 Å². The minimum absolute atomic E-state index is 0.0624. The number of carbonyl (C=O) groups is 1. The van der Waals surface area contributed by atoms with Gasteiger partial charge in [0, 0.05) is 23.6 Å². The average Bonchev–Trinajstić information content (AvgIpc) is 3.40. The number of ether oxygens (including phenoxy) is 1. The number of oxazole rings is 1. The highest BCUT2D eigenvalue weighted by Gasteiger charge is 2.16. The Kier molecular flexibility index (Phi) is 5.71. The van der Waals surface area contributed by atoms with E-state index in [1.54, 1.807) is 24.5 Å². The van der Waals surface area contributed by atoms with Gasteiger partial charge in [-0.1, -0.05) is 47.3 Å². The third kappa shape index (κ3) is 4.72. The molecule has 0 fully saturated rings. The lowest BCUT2D eigenvalue weighted by Gasteiger charge is -2.06. The van der Waals surface area contributed by atoms with Crippen LogP contribution in [0.4, 0.5) is 0 Å². The number of pyridine rings is 1. The number of hydrogen-bond donors (Lipinski definition) is 0. The van der Waals surface area contributed by atoms with E-state index in [2.05, 4.69) is 15.1 Å². The van der Waals surface area contributed by atoms with Crippen LogP contribution in [0.5, 0.6) is 0 Å². The first kappa shape index (κ1) is 18.9. The molecule has 0 aliphatic heterocycles. The van der Waals surface area contributed by atoms with Gasteiger partial charge in [0.25, 0.3) is 0 Å². The topological polar surface area (TPSA) is 91.2 Å². The van der Waals surface area contributed by atoms with E-state index in [0.717, 1.165) is 17.0 Å². The number of nitrogens with zero attached hydrogens (tertiary/aromatic N) is 3. The summed E-state index contributed by atoms with van der Waals surface area (Å²) in [7, 11) is 0. The fraction of sp³-hybridized carbons (Fsp3) is 0.143. The third-order valence-electron chi connectivity index (χ3n) is 3.96. The van der Waals surface area contributed by atoms with Gasteiger partial charge >= 0.3 is 5.97 Å². The molecule has 0 saturated heterocycles. The van der Waals surface area contributed by atoms with Crippen molar-refractivity contribution in [1.29, 1.82) is 0 Å². The van der Waals surface area contributed by atoms with Crippen LogP contribution in [-0.4, -0.2) is 21.1 Å². The first-order valence-corrected chi connectivity index (χ1v) is 9.85. The number of aryl methyl sites for hydroxylation is 1. The van der Waals surface area contributed by atoms with Crippen LogP contribution in [0.3, 0.4) is 0 Å². The Morgan fingerprint density at radius 2 is 2.00 bits per heavy atom. The molecule has 8 heteroatoms. The fourth-order valence-electron chi connectivity index (χ4n) is 2.61. The third-order valence-corrected chi connectivity index (χ3v) is 5.00. The summed E-state index contributed by atoms with van der Waals surface area (Å²) in [4.78, 5) is 21.0. The summed E-state index contributed by atoms with van der Waals surface area (Å²) in [6.07, 6.45) is 3.25. The van der Waals surface area contributed by atoms with Gasteiger partial charge in [0.05, 0.1) is 17.5 Å². The summed E-state index contributed by atoms with van der Waals surface area (Å²) in [6, 6.07) is 14.8. The van der Waals surface area contributed by atoms with Crippen LogP contribution in [-0.2, 0) is 17.1 Å². The highest BCUT2D eigenvalue weighted by atomic mass is 32.2. The van der Waals surface area contributed by atoms with Crippen molar-refractivity contribution in [1.82, 2.24) is 15.1 Å². The second-order valence-electron chi connectivity index (χ2n) is 6.13. The van der Waals surface area contributed by atoms with Gasteiger partial charge in [-0.25, -0.2) is 14.8 Å². The van der Waals surface area contributed by atoms with Crippen molar-refractivity contribution in [3.63, 3.8) is 0 Å². The Hall–Kier alpha value is -3.39. The normalized spacial score (nSPS) is 10.8. The molecule has 0 aliphatic carbocycles. The molecule has 0 aliphatic rings. The molecule has 0 N–H and O–H groups in total. The number of hydrogen-bond acceptors (Lipinski definition) is 8. The summed E-state index contributed by atoms with van der Waals surface area (Å²) >= 11 is 1.39. The molecule has 4 aromatic rings. The van der Waals surface area contributed by atoms with E-state index in [1.807, 2.05) is 43.3 Å². The molecular formula is C21H17N3O4S. The SMILES string of the molecule is Cc1cc(CSc2ncccc2C(=O)OCc2ncc(-c3ccccc3)o2)no1. The average molecular weight is 407 g/mol. The lowest BCUT2D eigenvalue weighted by molar-refractivity contribution is 0.0434. The largest absolute Gasteiger partial charge is 0.452 e. The molecule has 0 bridgehead atoms. The minimum Gasteiger partial charge on any atom is -0.452 e. The van der Waals surface area contributed by atoms with E-state index in [1.165, 1.54) is 11.8 Å². The number of thioether (sulfide) groups is 1. The second kappa shape index (κ2) is 8.74. The lowest BCUT2D eigenvalue weighted by Crippen LogP contribution is -2.07. The van der Waals surface area contributed by atoms with Crippen molar-refractivity contribution < 1.29 is 18.5 Å². The van der Waals surface area contributed by atoms with Gasteiger partial charge in [-0.3, -0.25) is 0 Å². The monoisotopic (exact) mass is 407 g/mol. The summed E-state index contributed by atoms with van der Waals surface area (Å²) in [5.41, 5.74) is 2.07. The Balaban J connectivity index is 1.39. The van der Waals surface area contributed by atoms with Gasteiger partial charge in [-0.2, -0.15) is 0 Å². The maximum Gasteiger partial charge on any atom is 0.341 e. The summed E-state index contributed by atoms with van der Waals surface area (Å²) in [6.45, 7) is 1.77. The van der Waals surface area contributed by atoms with E-state index in [9.17, 15) is 4.79 Å². The van der Waals surface area contributed by atoms with E-state index < -0.39 is 5.97 Å². The molecule has 0 spiro atoms. The van der Waals surface area contributed by atoms with E-state index in [-0.39, 0.29) is 6.61 Å². The maximum atomic E-state index is 12.6. The second-order valence-corrected chi connectivity index (χ2v) is 7.10. The molecule has 0 unspecified atom stereocenters. The first-order chi connectivity index (χ1) is 14.2. The zero-order valence-corrected chi connectivity index (χ0v) is 16.4. The fourth-order valence-corrected chi connectivity index (χ4v) is 3.47. The Morgan fingerprint density at radius 3 is 2.79 bits per heavy atom. The molecule has 3 heterocycles. The maximum absolute atomic E-state index is 12.6. The van der Waals surface area contributed by atoms with Gasteiger partial charge in [0.1, 0.15) is 10.8 Å². The zero-order valence-electron chi connectivity index (χ0n) is 15.6. The molecule has 1 aromatic carbocycles. The molecule has 4 rings (SSSR count). The molecule has 0 amide bonds. The Labute approximate surface area is 171 Å². The summed E-state index contributed by atoms with van der Waals surface area (Å²) < 4.78 is 16.1. The van der Waals surface area contributed by atoms with Gasteiger partial charge in [-0.15, -0.1) is 0 Å². The van der Waals surface area contributed by atoms with Crippen LogP contribution in [0.1, 0.15) is 27.7 Å². The minimum atomic E-state index is -0.489. The number of aromatic nitrogens is 3. The zero-order chi connectivity index (χ0) is 20.1. The van der Waals surface area contributed by atoms with Crippen LogP contribution in [0.2, 0.25) is 0 Å². The van der Waals surface area contributed by atoms with Crippen LogP contribution in [0.25, 0.3) is 11.3 Å². The van der Waals surface area contributed by atoms with Crippen molar-refractivity contribution in [2.75, 3.05) is 0 Å². The van der Waals surface area contributed by atoms with Crippen LogP contribution >= 0.6 is 11.8 Å². The van der Waals surface area contributed by atoms with Crippen molar-refractivity contribution >= 4 is 17.7 Å². The molecule has 0 atom stereocenters. The molecule has 0 radical (unpaired) electrons. The Bertz CT molecular complexity index is 1110. The highest BCUT2D eigenvalue weighted by Crippen LogP contribution is 2.25.